The fraction of sp³-hybridized carbons (Fsp3) is 0.500. The van der Waals surface area contributed by atoms with Crippen molar-refractivity contribution < 1.29 is 9.53 Å². The van der Waals surface area contributed by atoms with Crippen molar-refractivity contribution in [1.82, 2.24) is 0 Å². The van der Waals surface area contributed by atoms with Gasteiger partial charge in [-0.25, -0.2) is 4.79 Å². The number of methoxy groups -OCH3 is 1. The Balaban J connectivity index is 3.19. The lowest BCUT2D eigenvalue weighted by Gasteiger charge is -2.15. The number of ether oxygens (including phenoxy) is 1. The summed E-state index contributed by atoms with van der Waals surface area (Å²) in [7, 11) is 1.43. The van der Waals surface area contributed by atoms with E-state index in [1.165, 1.54) is 12.7 Å². The summed E-state index contributed by atoms with van der Waals surface area (Å²) in [6.07, 6.45) is 1.93. The van der Waals surface area contributed by atoms with Crippen LogP contribution in [0.5, 0.6) is 0 Å². The third-order valence-electron chi connectivity index (χ3n) is 2.80. The molecule has 0 aromatic heterocycles. The quantitative estimate of drug-likeness (QED) is 0.608. The second-order valence-corrected chi connectivity index (χ2v) is 5.11. The van der Waals surface area contributed by atoms with Gasteiger partial charge in [0, 0.05) is 5.33 Å². The number of hydrogen-bond donors (Lipinski definition) is 0. The molecular weight excluding hydrogens is 280 g/mol. The second-order valence-electron chi connectivity index (χ2n) is 4.31. The molecule has 0 amide bonds. The summed E-state index contributed by atoms with van der Waals surface area (Å²) in [6, 6.07) is 5.88. The van der Waals surface area contributed by atoms with Gasteiger partial charge in [0.1, 0.15) is 0 Å². The Bertz CT molecular complexity index is 386. The smallest absolute Gasteiger partial charge is 0.338 e. The summed E-state index contributed by atoms with van der Waals surface area (Å²) in [5.41, 5.74) is 3.09. The average Bonchev–Trinajstić information content (AvgIpc) is 2.34. The van der Waals surface area contributed by atoms with Crippen molar-refractivity contribution in [3.05, 3.63) is 34.9 Å². The lowest BCUT2D eigenvalue weighted by molar-refractivity contribution is 0.0599. The van der Waals surface area contributed by atoms with Crippen molar-refractivity contribution in [3.63, 3.8) is 0 Å². The van der Waals surface area contributed by atoms with Crippen LogP contribution in [0, 0.1) is 0 Å². The first-order chi connectivity index (χ1) is 8.11. The van der Waals surface area contributed by atoms with E-state index in [0.29, 0.717) is 11.5 Å². The van der Waals surface area contributed by atoms with Gasteiger partial charge in [-0.1, -0.05) is 41.9 Å². The van der Waals surface area contributed by atoms with E-state index in [1.807, 2.05) is 12.1 Å². The van der Waals surface area contributed by atoms with Crippen molar-refractivity contribution in [2.75, 3.05) is 12.4 Å². The van der Waals surface area contributed by atoms with Gasteiger partial charge in [0.05, 0.1) is 12.7 Å². The fourth-order valence-corrected chi connectivity index (χ4v) is 2.25. The number of benzene rings is 1. The van der Waals surface area contributed by atoms with Crippen molar-refractivity contribution >= 4 is 21.9 Å². The Hall–Kier alpha value is -0.830. The molecule has 0 aliphatic rings. The van der Waals surface area contributed by atoms with Crippen LogP contribution in [-0.4, -0.2) is 18.4 Å². The molecule has 1 aromatic rings. The average molecular weight is 299 g/mol. The third-order valence-corrected chi connectivity index (χ3v) is 3.36. The predicted octanol–water partition coefficient (Wildman–Crippen LogP) is 3.92. The van der Waals surface area contributed by atoms with Crippen molar-refractivity contribution in [2.45, 2.75) is 32.6 Å². The number of esters is 1. The highest BCUT2D eigenvalue weighted by Crippen LogP contribution is 2.25. The number of rotatable bonds is 5. The van der Waals surface area contributed by atoms with Crippen LogP contribution in [0.15, 0.2) is 18.2 Å². The predicted molar refractivity (Wildman–Crippen MR) is 74.0 cm³/mol. The third kappa shape index (κ3) is 3.56. The molecule has 0 heterocycles. The van der Waals surface area contributed by atoms with E-state index >= 15 is 0 Å². The van der Waals surface area contributed by atoms with E-state index < -0.39 is 0 Å². The highest BCUT2D eigenvalue weighted by Gasteiger charge is 2.16. The van der Waals surface area contributed by atoms with Gasteiger partial charge in [0.2, 0.25) is 0 Å². The van der Waals surface area contributed by atoms with E-state index in [9.17, 15) is 4.79 Å². The number of alkyl halides is 1. The van der Waals surface area contributed by atoms with Crippen LogP contribution >= 0.6 is 15.9 Å². The SMILES string of the molecule is COC(=O)c1cccc(C(C)C)c1CCCBr. The van der Waals surface area contributed by atoms with Crippen molar-refractivity contribution in [3.8, 4) is 0 Å². The van der Waals surface area contributed by atoms with E-state index in [2.05, 4.69) is 35.8 Å². The van der Waals surface area contributed by atoms with Gasteiger partial charge < -0.3 is 4.74 Å². The van der Waals surface area contributed by atoms with Gasteiger partial charge in [-0.05, 0) is 36.0 Å². The summed E-state index contributed by atoms with van der Waals surface area (Å²) in [4.78, 5) is 11.7. The normalized spacial score (nSPS) is 10.6. The number of hydrogen-bond acceptors (Lipinski definition) is 2. The van der Waals surface area contributed by atoms with Gasteiger partial charge in [-0.2, -0.15) is 0 Å². The van der Waals surface area contributed by atoms with Crippen LogP contribution in [0.25, 0.3) is 0 Å². The molecule has 0 saturated carbocycles. The minimum Gasteiger partial charge on any atom is -0.465 e. The molecule has 0 bridgehead atoms. The van der Waals surface area contributed by atoms with E-state index in [0.717, 1.165) is 23.7 Å². The van der Waals surface area contributed by atoms with E-state index in [1.54, 1.807) is 0 Å². The molecule has 0 aliphatic carbocycles. The molecule has 0 atom stereocenters. The topological polar surface area (TPSA) is 26.3 Å². The molecule has 0 aliphatic heterocycles. The highest BCUT2D eigenvalue weighted by molar-refractivity contribution is 9.09. The summed E-state index contributed by atoms with van der Waals surface area (Å²) in [6.45, 7) is 4.29. The standard InChI is InChI=1S/C14H19BrO2/c1-10(2)11-6-4-7-13(14(16)17-3)12(11)8-5-9-15/h4,6-7,10H,5,8-9H2,1-3H3. The lowest BCUT2D eigenvalue weighted by atomic mass is 9.91. The van der Waals surface area contributed by atoms with Crippen LogP contribution in [0.4, 0.5) is 0 Å². The molecule has 0 N–H and O–H groups in total. The zero-order chi connectivity index (χ0) is 12.8. The largest absolute Gasteiger partial charge is 0.465 e. The molecule has 17 heavy (non-hydrogen) atoms. The fourth-order valence-electron chi connectivity index (χ4n) is 1.97. The minimum absolute atomic E-state index is 0.239. The summed E-state index contributed by atoms with van der Waals surface area (Å²) >= 11 is 3.43. The first kappa shape index (κ1) is 14.2. The van der Waals surface area contributed by atoms with Crippen molar-refractivity contribution in [1.29, 1.82) is 0 Å². The summed E-state index contributed by atoms with van der Waals surface area (Å²) in [5.74, 6) is 0.182. The summed E-state index contributed by atoms with van der Waals surface area (Å²) in [5, 5.41) is 0.944. The molecule has 94 valence electrons. The Labute approximate surface area is 111 Å². The van der Waals surface area contributed by atoms with Crippen LogP contribution in [-0.2, 0) is 11.2 Å². The molecule has 2 nitrogen and oxygen atoms in total. The molecular formula is C14H19BrO2. The minimum atomic E-state index is -0.239. The second kappa shape index (κ2) is 6.80. The van der Waals surface area contributed by atoms with E-state index in [4.69, 9.17) is 4.74 Å². The Morgan fingerprint density at radius 3 is 2.65 bits per heavy atom. The summed E-state index contributed by atoms with van der Waals surface area (Å²) < 4.78 is 4.84. The molecule has 0 saturated heterocycles. The van der Waals surface area contributed by atoms with Crippen LogP contribution < -0.4 is 0 Å². The molecule has 3 heteroatoms. The van der Waals surface area contributed by atoms with Crippen LogP contribution in [0.1, 0.15) is 47.7 Å². The monoisotopic (exact) mass is 298 g/mol. The van der Waals surface area contributed by atoms with Gasteiger partial charge in [-0.15, -0.1) is 0 Å². The number of carbonyl (C=O) groups is 1. The molecule has 0 spiro atoms. The lowest BCUT2D eigenvalue weighted by Crippen LogP contribution is -2.09. The molecule has 1 aromatic carbocycles. The van der Waals surface area contributed by atoms with Gasteiger partial charge in [0.25, 0.3) is 0 Å². The van der Waals surface area contributed by atoms with Gasteiger partial charge in [0.15, 0.2) is 0 Å². The Morgan fingerprint density at radius 2 is 2.12 bits per heavy atom. The molecule has 1 rings (SSSR count). The van der Waals surface area contributed by atoms with Crippen LogP contribution in [0.3, 0.4) is 0 Å². The number of halogens is 1. The maximum atomic E-state index is 11.7. The maximum Gasteiger partial charge on any atom is 0.338 e. The Kier molecular flexibility index (Phi) is 5.69. The zero-order valence-electron chi connectivity index (χ0n) is 10.6. The van der Waals surface area contributed by atoms with Crippen molar-refractivity contribution in [2.24, 2.45) is 0 Å². The molecule has 0 unspecified atom stereocenters. The Morgan fingerprint density at radius 1 is 1.41 bits per heavy atom. The van der Waals surface area contributed by atoms with Gasteiger partial charge >= 0.3 is 5.97 Å². The first-order valence-electron chi connectivity index (χ1n) is 5.87. The maximum absolute atomic E-state index is 11.7. The highest BCUT2D eigenvalue weighted by atomic mass is 79.9. The van der Waals surface area contributed by atoms with E-state index in [-0.39, 0.29) is 5.97 Å². The number of carbonyl (C=O) groups excluding carboxylic acids is 1. The first-order valence-corrected chi connectivity index (χ1v) is 7.00. The molecule has 0 fully saturated rings. The van der Waals surface area contributed by atoms with Gasteiger partial charge in [-0.3, -0.25) is 0 Å². The van der Waals surface area contributed by atoms with Crippen LogP contribution in [0.2, 0.25) is 0 Å². The zero-order valence-corrected chi connectivity index (χ0v) is 12.2. The molecule has 0 radical (unpaired) electrons.